The second kappa shape index (κ2) is 6.23. The van der Waals surface area contributed by atoms with Crippen LogP contribution >= 0.6 is 0 Å². The highest BCUT2D eigenvalue weighted by atomic mass is 16.5. The van der Waals surface area contributed by atoms with Gasteiger partial charge in [-0.05, 0) is 24.3 Å². The lowest BCUT2D eigenvalue weighted by molar-refractivity contribution is -0.130. The summed E-state index contributed by atoms with van der Waals surface area (Å²) in [5.41, 5.74) is 1.32. The number of hydrogen-bond donors (Lipinski definition) is 2. The first-order chi connectivity index (χ1) is 12.2. The third-order valence-corrected chi connectivity index (χ3v) is 3.91. The van der Waals surface area contributed by atoms with E-state index >= 15 is 0 Å². The fraction of sp³-hybridized carbons (Fsp3) is 0.176. The van der Waals surface area contributed by atoms with Crippen molar-refractivity contribution in [3.8, 4) is 5.75 Å². The van der Waals surface area contributed by atoms with E-state index in [-0.39, 0.29) is 24.8 Å². The van der Waals surface area contributed by atoms with Gasteiger partial charge in [-0.25, -0.2) is 0 Å². The van der Waals surface area contributed by atoms with Crippen molar-refractivity contribution >= 4 is 23.1 Å². The molecule has 2 aromatic heterocycles. The second-order valence-corrected chi connectivity index (χ2v) is 5.62. The van der Waals surface area contributed by atoms with Crippen LogP contribution in [-0.4, -0.2) is 32.5 Å². The van der Waals surface area contributed by atoms with E-state index in [1.807, 2.05) is 30.5 Å². The van der Waals surface area contributed by atoms with Gasteiger partial charge in [0.05, 0.1) is 18.7 Å². The highest BCUT2D eigenvalue weighted by Crippen LogP contribution is 2.29. The fourth-order valence-corrected chi connectivity index (χ4v) is 2.66. The van der Waals surface area contributed by atoms with Crippen LogP contribution in [0.4, 0.5) is 5.69 Å². The van der Waals surface area contributed by atoms with Crippen molar-refractivity contribution in [2.45, 2.75) is 19.1 Å². The minimum absolute atomic E-state index is 0.0725. The summed E-state index contributed by atoms with van der Waals surface area (Å²) in [4.78, 5) is 24.2. The molecule has 0 saturated heterocycles. The molecule has 0 unspecified atom stereocenters. The molecule has 1 aliphatic rings. The fourth-order valence-electron chi connectivity index (χ4n) is 2.66. The molecule has 1 aliphatic heterocycles. The number of nitrogens with zero attached hydrogens (tertiary/aromatic N) is 3. The lowest BCUT2D eigenvalue weighted by Crippen LogP contribution is -2.41. The topological polar surface area (TPSA) is 97.6 Å². The van der Waals surface area contributed by atoms with E-state index in [4.69, 9.17) is 4.74 Å². The average Bonchev–Trinajstić information content (AvgIpc) is 3.04. The van der Waals surface area contributed by atoms with Crippen molar-refractivity contribution < 1.29 is 14.3 Å². The summed E-state index contributed by atoms with van der Waals surface area (Å²) in [6.45, 7) is 0.217. The molecular weight excluding hydrogens is 322 g/mol. The van der Waals surface area contributed by atoms with Gasteiger partial charge in [0.1, 0.15) is 5.75 Å². The largest absolute Gasteiger partial charge is 0.478 e. The summed E-state index contributed by atoms with van der Waals surface area (Å²) < 4.78 is 7.41. The Labute approximate surface area is 142 Å². The average molecular weight is 337 g/mol. The molecule has 126 valence electrons. The number of nitrogens with one attached hydrogen (secondary N) is 2. The van der Waals surface area contributed by atoms with Crippen LogP contribution in [0.2, 0.25) is 0 Å². The smallest absolute Gasteiger partial charge is 0.266 e. The molecule has 0 spiro atoms. The first-order valence-electron chi connectivity index (χ1n) is 7.82. The molecule has 3 heterocycles. The number of anilines is 1. The third-order valence-electron chi connectivity index (χ3n) is 3.91. The summed E-state index contributed by atoms with van der Waals surface area (Å²) in [5.74, 6) is 0.542. The van der Waals surface area contributed by atoms with E-state index in [0.29, 0.717) is 22.9 Å². The van der Waals surface area contributed by atoms with Crippen LogP contribution in [0.5, 0.6) is 5.75 Å². The van der Waals surface area contributed by atoms with Crippen LogP contribution in [0.25, 0.3) is 5.65 Å². The van der Waals surface area contributed by atoms with Crippen molar-refractivity contribution in [2.75, 3.05) is 5.32 Å². The predicted molar refractivity (Wildman–Crippen MR) is 88.9 cm³/mol. The van der Waals surface area contributed by atoms with Crippen LogP contribution in [0, 0.1) is 0 Å². The van der Waals surface area contributed by atoms with Gasteiger partial charge in [-0.3, -0.25) is 14.0 Å². The van der Waals surface area contributed by atoms with E-state index in [1.165, 1.54) is 0 Å². The van der Waals surface area contributed by atoms with Gasteiger partial charge < -0.3 is 15.4 Å². The zero-order chi connectivity index (χ0) is 17.2. The Bertz CT molecular complexity index is 952. The molecule has 0 aliphatic carbocycles. The SMILES string of the molecule is O=C(C[C@H]1Oc2ccccc2NC1=O)NCc1nnc2ccccn12. The molecule has 0 saturated carbocycles. The number of ether oxygens (including phenoxy) is 1. The number of para-hydroxylation sites is 2. The van der Waals surface area contributed by atoms with E-state index in [1.54, 1.807) is 22.6 Å². The van der Waals surface area contributed by atoms with Crippen molar-refractivity contribution in [1.82, 2.24) is 19.9 Å². The quantitative estimate of drug-likeness (QED) is 0.744. The maximum absolute atomic E-state index is 12.2. The molecular formula is C17H15N5O3. The summed E-state index contributed by atoms with van der Waals surface area (Å²) >= 11 is 0. The van der Waals surface area contributed by atoms with Gasteiger partial charge >= 0.3 is 0 Å². The number of amides is 2. The molecule has 0 bridgehead atoms. The molecule has 8 nitrogen and oxygen atoms in total. The Kier molecular flexibility index (Phi) is 3.77. The van der Waals surface area contributed by atoms with E-state index in [0.717, 1.165) is 0 Å². The van der Waals surface area contributed by atoms with Crippen LogP contribution in [0.1, 0.15) is 12.2 Å². The van der Waals surface area contributed by atoms with Gasteiger partial charge in [0, 0.05) is 6.20 Å². The van der Waals surface area contributed by atoms with Crippen molar-refractivity contribution in [3.05, 3.63) is 54.5 Å². The molecule has 25 heavy (non-hydrogen) atoms. The zero-order valence-electron chi connectivity index (χ0n) is 13.2. The maximum atomic E-state index is 12.2. The Morgan fingerprint density at radius 2 is 2.04 bits per heavy atom. The van der Waals surface area contributed by atoms with Gasteiger partial charge in [0.15, 0.2) is 17.6 Å². The van der Waals surface area contributed by atoms with Gasteiger partial charge in [-0.2, -0.15) is 0 Å². The standard InChI is InChI=1S/C17H15N5O3/c23-16(18-10-15-21-20-14-7-3-4-8-22(14)15)9-13-17(24)19-11-5-1-2-6-12(11)25-13/h1-8,13H,9-10H2,(H,18,23)(H,19,24)/t13-/m1/s1. The Morgan fingerprint density at radius 3 is 2.96 bits per heavy atom. The van der Waals surface area contributed by atoms with E-state index in [2.05, 4.69) is 20.8 Å². The van der Waals surface area contributed by atoms with Crippen molar-refractivity contribution in [3.63, 3.8) is 0 Å². The molecule has 4 rings (SSSR count). The Hall–Kier alpha value is -3.42. The van der Waals surface area contributed by atoms with E-state index in [9.17, 15) is 9.59 Å². The summed E-state index contributed by atoms with van der Waals surface area (Å²) in [7, 11) is 0. The number of aromatic nitrogens is 3. The number of carbonyl (C=O) groups is 2. The normalized spacial score (nSPS) is 16.0. The second-order valence-electron chi connectivity index (χ2n) is 5.62. The Morgan fingerprint density at radius 1 is 1.20 bits per heavy atom. The molecule has 2 N–H and O–H groups in total. The lowest BCUT2D eigenvalue weighted by atomic mass is 10.1. The van der Waals surface area contributed by atoms with Crippen LogP contribution in [0.3, 0.4) is 0 Å². The highest BCUT2D eigenvalue weighted by Gasteiger charge is 2.29. The lowest BCUT2D eigenvalue weighted by Gasteiger charge is -2.25. The predicted octanol–water partition coefficient (Wildman–Crippen LogP) is 1.14. The van der Waals surface area contributed by atoms with E-state index < -0.39 is 6.10 Å². The van der Waals surface area contributed by atoms with Crippen molar-refractivity contribution in [1.29, 1.82) is 0 Å². The monoisotopic (exact) mass is 337 g/mol. The molecule has 8 heteroatoms. The summed E-state index contributed by atoms with van der Waals surface area (Å²) in [6.07, 6.45) is 0.896. The molecule has 3 aromatic rings. The number of rotatable bonds is 4. The number of carbonyl (C=O) groups excluding carboxylic acids is 2. The number of hydrogen-bond acceptors (Lipinski definition) is 5. The number of benzene rings is 1. The Balaban J connectivity index is 1.39. The molecule has 0 radical (unpaired) electrons. The molecule has 2 amide bonds. The van der Waals surface area contributed by atoms with Gasteiger partial charge in [0.25, 0.3) is 5.91 Å². The van der Waals surface area contributed by atoms with Crippen molar-refractivity contribution in [2.24, 2.45) is 0 Å². The van der Waals surface area contributed by atoms with Gasteiger partial charge in [-0.15, -0.1) is 10.2 Å². The zero-order valence-corrected chi connectivity index (χ0v) is 13.2. The van der Waals surface area contributed by atoms with Gasteiger partial charge in [0.2, 0.25) is 5.91 Å². The number of pyridine rings is 1. The highest BCUT2D eigenvalue weighted by molar-refractivity contribution is 5.99. The molecule has 0 fully saturated rings. The first kappa shape index (κ1) is 15.1. The molecule has 1 aromatic carbocycles. The van der Waals surface area contributed by atoms with Crippen LogP contribution in [0.15, 0.2) is 48.7 Å². The van der Waals surface area contributed by atoms with Gasteiger partial charge in [-0.1, -0.05) is 18.2 Å². The van der Waals surface area contributed by atoms with Crippen LogP contribution in [-0.2, 0) is 16.1 Å². The van der Waals surface area contributed by atoms with Crippen LogP contribution < -0.4 is 15.4 Å². The minimum atomic E-state index is -0.856. The minimum Gasteiger partial charge on any atom is -0.478 e. The maximum Gasteiger partial charge on any atom is 0.266 e. The molecule has 1 atom stereocenters. The summed E-state index contributed by atoms with van der Waals surface area (Å²) in [6, 6.07) is 12.7. The third kappa shape index (κ3) is 3.01. The first-order valence-corrected chi connectivity index (χ1v) is 7.82. The summed E-state index contributed by atoms with van der Waals surface area (Å²) in [5, 5.41) is 13.6. The number of fused-ring (bicyclic) bond motifs is 2.